The van der Waals surface area contributed by atoms with Crippen LogP contribution in [0.15, 0.2) is 33.5 Å². The number of aromatic hydroxyl groups is 2. The summed E-state index contributed by atoms with van der Waals surface area (Å²) in [4.78, 5) is 17.6. The number of aryl methyl sites for hydroxylation is 2. The Bertz CT molecular complexity index is 586. The molecule has 0 fully saturated rings. The summed E-state index contributed by atoms with van der Waals surface area (Å²) in [6.45, 7) is 3.13. The van der Waals surface area contributed by atoms with Crippen molar-refractivity contribution in [2.24, 2.45) is 0 Å². The van der Waals surface area contributed by atoms with Crippen LogP contribution in [0.25, 0.3) is 0 Å². The van der Waals surface area contributed by atoms with E-state index < -0.39 is 0 Å². The molecule has 2 aromatic rings. The monoisotopic (exact) mass is 318 g/mol. The van der Waals surface area contributed by atoms with Crippen LogP contribution in [0.1, 0.15) is 11.5 Å². The Kier molecular flexibility index (Phi) is 6.79. The molecule has 0 amide bonds. The Balaban J connectivity index is 0.000000324. The molecule has 0 atom stereocenters. The van der Waals surface area contributed by atoms with Crippen molar-refractivity contribution in [2.45, 2.75) is 13.8 Å². The van der Waals surface area contributed by atoms with Crippen LogP contribution in [0, 0.1) is 13.8 Å². The van der Waals surface area contributed by atoms with Gasteiger partial charge in [0.05, 0.1) is 12.1 Å². The molecule has 0 saturated carbocycles. The molecule has 7 heteroatoms. The third-order valence-corrected chi connectivity index (χ3v) is 2.09. The average molecular weight is 320 g/mol. The zero-order chi connectivity index (χ0) is 13.7. The molecule has 98 valence electrons. The summed E-state index contributed by atoms with van der Waals surface area (Å²) in [5.41, 5.74) is -0.308. The predicted molar refractivity (Wildman–Crippen MR) is 60.4 cm³/mol. The number of hydrogen-bond acceptors (Lipinski definition) is 4. The van der Waals surface area contributed by atoms with E-state index in [0.717, 1.165) is 0 Å². The van der Waals surface area contributed by atoms with Gasteiger partial charge in [0.2, 0.25) is 0 Å². The van der Waals surface area contributed by atoms with Gasteiger partial charge in [-0.2, -0.15) is 0 Å². The molecular weight excluding hydrogens is 306 g/mol. The van der Waals surface area contributed by atoms with E-state index in [9.17, 15) is 0 Å². The first-order valence-electron chi connectivity index (χ1n) is 5.02. The van der Waals surface area contributed by atoms with E-state index in [2.05, 4.69) is 0 Å². The Morgan fingerprint density at radius 2 is 1.16 bits per heavy atom. The summed E-state index contributed by atoms with van der Waals surface area (Å²) < 4.78 is 9.46. The molecule has 0 aliphatic heterocycles. The maximum absolute atomic E-state index is 8.86. The van der Waals surface area contributed by atoms with Crippen molar-refractivity contribution in [2.75, 3.05) is 0 Å². The first-order chi connectivity index (χ1) is 8.43. The normalized spacial score (nSPS) is 8.95. The number of rotatable bonds is 0. The van der Waals surface area contributed by atoms with E-state index in [1.165, 1.54) is 24.7 Å². The predicted octanol–water partition coefficient (Wildman–Crippen LogP) is 0.594. The van der Waals surface area contributed by atoms with E-state index in [1.54, 1.807) is 13.8 Å². The summed E-state index contributed by atoms with van der Waals surface area (Å²) in [5, 5.41) is 17.7. The fraction of sp³-hybridized carbons (Fsp3) is 0.167. The van der Waals surface area contributed by atoms with Crippen molar-refractivity contribution in [3.63, 3.8) is 0 Å². The maximum atomic E-state index is 8.86. The molecule has 4 N–H and O–H groups in total. The molecule has 0 radical (unpaired) electrons. The second kappa shape index (κ2) is 7.53. The van der Waals surface area contributed by atoms with Crippen LogP contribution >= 0.6 is 0 Å². The minimum Gasteiger partial charge on any atom is -0.498 e. The van der Waals surface area contributed by atoms with Crippen LogP contribution in [-0.2, 0) is 19.5 Å². The summed E-state index contributed by atoms with van der Waals surface area (Å²) in [5.74, 6) is 0.236. The van der Waals surface area contributed by atoms with Gasteiger partial charge < -0.3 is 19.0 Å². The topological polar surface area (TPSA) is 110 Å². The van der Waals surface area contributed by atoms with Gasteiger partial charge in [-0.05, 0) is 13.8 Å². The van der Waals surface area contributed by atoms with Crippen molar-refractivity contribution >= 4 is 0 Å². The molecule has 2 heterocycles. The van der Waals surface area contributed by atoms with Gasteiger partial charge in [0.1, 0.15) is 12.5 Å². The first-order valence-corrected chi connectivity index (χ1v) is 5.02. The molecule has 0 saturated heterocycles. The first kappa shape index (κ1) is 17.1. The van der Waals surface area contributed by atoms with E-state index in [-0.39, 0.29) is 41.8 Å². The largest absolute Gasteiger partial charge is 0.498 e. The van der Waals surface area contributed by atoms with Crippen LogP contribution in [0.5, 0.6) is 11.5 Å². The van der Waals surface area contributed by atoms with Gasteiger partial charge in [-0.25, -0.2) is 0 Å². The zero-order valence-electron chi connectivity index (χ0n) is 10.6. The van der Waals surface area contributed by atoms with Crippen molar-refractivity contribution in [1.29, 1.82) is 0 Å². The van der Waals surface area contributed by atoms with Gasteiger partial charge in [-0.3, -0.25) is 9.59 Å². The van der Waals surface area contributed by atoms with E-state index in [4.69, 9.17) is 28.6 Å². The Labute approximate surface area is 121 Å². The molecule has 0 aliphatic carbocycles. The third kappa shape index (κ3) is 4.71. The summed E-state index contributed by atoms with van der Waals surface area (Å²) in [6.07, 6.45) is 2.62. The Morgan fingerprint density at radius 1 is 0.842 bits per heavy atom. The van der Waals surface area contributed by atoms with Crippen LogP contribution in [0.3, 0.4) is 0 Å². The van der Waals surface area contributed by atoms with Crippen molar-refractivity contribution < 1.29 is 48.1 Å². The van der Waals surface area contributed by atoms with Gasteiger partial charge in [0.25, 0.3) is 11.5 Å². The minimum atomic E-state index is -0.197. The smallest absolute Gasteiger partial charge is 0.387 e. The summed E-state index contributed by atoms with van der Waals surface area (Å²) in [7, 11) is 0. The van der Waals surface area contributed by atoms with Crippen LogP contribution < -0.4 is 10.9 Å². The zero-order valence-corrected chi connectivity index (χ0v) is 13.6. The molecule has 0 bridgehead atoms. The van der Waals surface area contributed by atoms with E-state index in [0.29, 0.717) is 11.5 Å². The van der Waals surface area contributed by atoms with Crippen LogP contribution in [0.2, 0.25) is 0 Å². The van der Waals surface area contributed by atoms with Crippen molar-refractivity contribution in [1.82, 2.24) is 0 Å². The quantitative estimate of drug-likeness (QED) is 0.547. The van der Waals surface area contributed by atoms with Gasteiger partial charge in [-0.1, -0.05) is 0 Å². The molecule has 2 rings (SSSR count). The molecule has 6 nitrogen and oxygen atoms in total. The molecule has 0 spiro atoms. The molecule has 0 unspecified atom stereocenters. The Hall–Kier alpha value is -1.88. The SMILES string of the molecule is Cc1occc(=[OH+])c1O.Cc1occc(=[OH+])c1O.[Zn]. The maximum Gasteiger partial charge on any atom is 0.387 e. The summed E-state index contributed by atoms with van der Waals surface area (Å²) in [6, 6.07) is 2.56. The van der Waals surface area contributed by atoms with Crippen LogP contribution in [-0.4, -0.2) is 19.8 Å². The fourth-order valence-electron chi connectivity index (χ4n) is 1.03. The van der Waals surface area contributed by atoms with Gasteiger partial charge >= 0.3 is 10.9 Å². The molecule has 2 aromatic heterocycles. The van der Waals surface area contributed by atoms with Gasteiger partial charge in [0, 0.05) is 19.5 Å². The second-order valence-corrected chi connectivity index (χ2v) is 3.42. The van der Waals surface area contributed by atoms with Gasteiger partial charge in [-0.15, -0.1) is 0 Å². The minimum absolute atomic E-state index is 0. The van der Waals surface area contributed by atoms with Crippen molar-refractivity contribution in [3.05, 3.63) is 47.0 Å². The summed E-state index contributed by atoms with van der Waals surface area (Å²) >= 11 is 0. The molecular formula is C12H14O6Zn+2. The van der Waals surface area contributed by atoms with Gasteiger partial charge in [0.15, 0.2) is 11.5 Å². The number of hydrogen-bond donors (Lipinski definition) is 2. The Morgan fingerprint density at radius 3 is 1.37 bits per heavy atom. The molecule has 0 aromatic carbocycles. The van der Waals surface area contributed by atoms with E-state index in [1.807, 2.05) is 0 Å². The second-order valence-electron chi connectivity index (χ2n) is 3.42. The van der Waals surface area contributed by atoms with Crippen LogP contribution in [0.4, 0.5) is 0 Å². The standard InChI is InChI=1S/2C6H6O3.Zn/c2*1-4-6(8)5(7)2-3-9-4;/h2*2-3,8H,1H3;/p+2. The fourth-order valence-corrected chi connectivity index (χ4v) is 1.03. The molecule has 0 aliphatic rings. The van der Waals surface area contributed by atoms with E-state index >= 15 is 0 Å². The van der Waals surface area contributed by atoms with Crippen molar-refractivity contribution in [3.8, 4) is 11.5 Å². The third-order valence-electron chi connectivity index (χ3n) is 2.09. The average Bonchev–Trinajstić information content (AvgIpc) is 2.34. The molecule has 19 heavy (non-hydrogen) atoms.